The van der Waals surface area contributed by atoms with Gasteiger partial charge in [0, 0.05) is 56.6 Å². The van der Waals surface area contributed by atoms with E-state index >= 15 is 4.39 Å². The standard InChI is InChI=1S/C45H28FN5/c46-43(28-17-19-31-32-12-4-6-14-37(32)49-25-24-48-45(49)36(31)26-28)29-18-20-35-40(27-29)51(41-16-8-9-23-47-41)39-22-21-34-33-13-5-7-15-38(33)50(44(34)42(35)39)30-10-2-1-3-11-30/h1-27,43H. The first-order valence-electron chi connectivity index (χ1n) is 17.1. The van der Waals surface area contributed by atoms with Gasteiger partial charge in [-0.25, -0.2) is 14.4 Å². The van der Waals surface area contributed by atoms with Crippen molar-refractivity contribution in [3.05, 3.63) is 175 Å². The van der Waals surface area contributed by atoms with Gasteiger partial charge in [0.2, 0.25) is 0 Å². The van der Waals surface area contributed by atoms with E-state index in [0.717, 1.165) is 71.7 Å². The fraction of sp³-hybridized carbons (Fsp3) is 0.0222. The van der Waals surface area contributed by atoms with Crippen LogP contribution in [0.15, 0.2) is 164 Å². The molecule has 5 nitrogen and oxygen atoms in total. The molecule has 0 fully saturated rings. The van der Waals surface area contributed by atoms with Crippen LogP contribution in [0.2, 0.25) is 0 Å². The Hall–Kier alpha value is -6.79. The molecule has 0 spiro atoms. The van der Waals surface area contributed by atoms with Crippen LogP contribution in [0.3, 0.4) is 0 Å². The molecule has 240 valence electrons. The summed E-state index contributed by atoms with van der Waals surface area (Å²) >= 11 is 0. The van der Waals surface area contributed by atoms with Crippen LogP contribution in [0.1, 0.15) is 17.3 Å². The fourth-order valence-corrected chi connectivity index (χ4v) is 8.25. The molecule has 0 aliphatic rings. The van der Waals surface area contributed by atoms with Gasteiger partial charge in [0.1, 0.15) is 11.5 Å². The summed E-state index contributed by atoms with van der Waals surface area (Å²) in [5.74, 6) is 0.783. The number of alkyl halides is 1. The van der Waals surface area contributed by atoms with Gasteiger partial charge in [0.05, 0.1) is 27.6 Å². The number of aromatic nitrogens is 5. The first-order chi connectivity index (χ1) is 25.2. The average molecular weight is 658 g/mol. The van der Waals surface area contributed by atoms with Gasteiger partial charge in [0.15, 0.2) is 6.17 Å². The van der Waals surface area contributed by atoms with Crippen molar-refractivity contribution in [2.75, 3.05) is 0 Å². The van der Waals surface area contributed by atoms with Crippen molar-refractivity contribution in [3.63, 3.8) is 0 Å². The molecule has 0 amide bonds. The first-order valence-corrected chi connectivity index (χ1v) is 17.1. The van der Waals surface area contributed by atoms with Gasteiger partial charge in [0.25, 0.3) is 0 Å². The van der Waals surface area contributed by atoms with Gasteiger partial charge in [-0.2, -0.15) is 0 Å². The van der Waals surface area contributed by atoms with Crippen molar-refractivity contribution in [1.29, 1.82) is 0 Å². The molecule has 5 aromatic heterocycles. The average Bonchev–Trinajstić information content (AvgIpc) is 3.91. The maximum absolute atomic E-state index is 17.0. The first kappa shape index (κ1) is 28.1. The number of pyridine rings is 2. The second-order valence-corrected chi connectivity index (χ2v) is 13.1. The monoisotopic (exact) mass is 657 g/mol. The molecule has 0 N–H and O–H groups in total. The van der Waals surface area contributed by atoms with Crippen LogP contribution in [0.4, 0.5) is 4.39 Å². The molecule has 1 atom stereocenters. The highest BCUT2D eigenvalue weighted by molar-refractivity contribution is 6.26. The summed E-state index contributed by atoms with van der Waals surface area (Å²) in [5, 5.41) is 7.61. The Bertz CT molecular complexity index is 3150. The highest BCUT2D eigenvalue weighted by Gasteiger charge is 2.23. The molecule has 11 aromatic rings. The lowest BCUT2D eigenvalue weighted by Crippen LogP contribution is -1.99. The highest BCUT2D eigenvalue weighted by atomic mass is 19.1. The molecular weight excluding hydrogens is 630 g/mol. The molecule has 6 aromatic carbocycles. The van der Waals surface area contributed by atoms with Gasteiger partial charge in [-0.1, -0.05) is 91.0 Å². The van der Waals surface area contributed by atoms with E-state index in [1.54, 1.807) is 6.20 Å². The topological polar surface area (TPSA) is 40.0 Å². The zero-order valence-electron chi connectivity index (χ0n) is 27.3. The summed E-state index contributed by atoms with van der Waals surface area (Å²) in [5.41, 5.74) is 8.35. The van der Waals surface area contributed by atoms with E-state index in [-0.39, 0.29) is 0 Å². The van der Waals surface area contributed by atoms with E-state index in [1.807, 2.05) is 79.1 Å². The minimum Gasteiger partial charge on any atom is -0.309 e. The minimum atomic E-state index is -1.36. The van der Waals surface area contributed by atoms with E-state index < -0.39 is 6.17 Å². The molecule has 0 aliphatic carbocycles. The predicted molar refractivity (Wildman–Crippen MR) is 206 cm³/mol. The van der Waals surface area contributed by atoms with Crippen molar-refractivity contribution in [2.45, 2.75) is 6.17 Å². The third kappa shape index (κ3) is 3.96. The Kier molecular flexibility index (Phi) is 5.84. The number of hydrogen-bond acceptors (Lipinski definition) is 2. The van der Waals surface area contributed by atoms with Gasteiger partial charge in [-0.3, -0.25) is 8.97 Å². The van der Waals surface area contributed by atoms with Crippen molar-refractivity contribution in [2.24, 2.45) is 0 Å². The molecule has 0 radical (unpaired) electrons. The summed E-state index contributed by atoms with van der Waals surface area (Å²) in [6.07, 6.45) is 4.23. The summed E-state index contributed by atoms with van der Waals surface area (Å²) in [6, 6.07) is 49.6. The van der Waals surface area contributed by atoms with Crippen LogP contribution in [-0.2, 0) is 0 Å². The number of nitrogens with zero attached hydrogens (tertiary/aromatic N) is 5. The Labute approximate surface area is 291 Å². The second kappa shape index (κ2) is 10.6. The largest absolute Gasteiger partial charge is 0.309 e. The third-order valence-electron chi connectivity index (χ3n) is 10.4. The lowest BCUT2D eigenvalue weighted by molar-refractivity contribution is 0.402. The lowest BCUT2D eigenvalue weighted by atomic mass is 9.97. The number of halogens is 1. The Morgan fingerprint density at radius 3 is 2.00 bits per heavy atom. The van der Waals surface area contributed by atoms with Crippen molar-refractivity contribution < 1.29 is 4.39 Å². The van der Waals surface area contributed by atoms with E-state index in [0.29, 0.717) is 11.1 Å². The second-order valence-electron chi connectivity index (χ2n) is 13.1. The van der Waals surface area contributed by atoms with Crippen LogP contribution < -0.4 is 0 Å². The summed E-state index contributed by atoms with van der Waals surface area (Å²) in [7, 11) is 0. The number of para-hydroxylation sites is 3. The van der Waals surface area contributed by atoms with Gasteiger partial charge >= 0.3 is 0 Å². The molecule has 6 heteroatoms. The number of fused-ring (bicyclic) bond motifs is 13. The van der Waals surface area contributed by atoms with Crippen LogP contribution in [0, 0.1) is 0 Å². The summed E-state index contributed by atoms with van der Waals surface area (Å²) in [4.78, 5) is 9.47. The predicted octanol–water partition coefficient (Wildman–Crippen LogP) is 11.3. The molecule has 0 aliphatic heterocycles. The maximum Gasteiger partial charge on any atom is 0.150 e. The van der Waals surface area contributed by atoms with E-state index in [1.165, 1.54) is 10.8 Å². The maximum atomic E-state index is 17.0. The number of hydrogen-bond donors (Lipinski definition) is 0. The van der Waals surface area contributed by atoms with Crippen LogP contribution in [-0.4, -0.2) is 23.5 Å². The minimum absolute atomic E-state index is 0.585. The van der Waals surface area contributed by atoms with E-state index in [2.05, 4.69) is 97.4 Å². The number of imidazole rings is 1. The SMILES string of the molecule is FC(c1ccc2c3ccccc3n3ccnc3c2c1)c1ccc2c3c(ccc4c5ccccc5n(-c5ccccc5)c43)n(-c3ccccn3)c2c1. The zero-order valence-corrected chi connectivity index (χ0v) is 27.3. The normalized spacial score (nSPS) is 12.7. The van der Waals surface area contributed by atoms with Crippen LogP contribution in [0.5, 0.6) is 0 Å². The van der Waals surface area contributed by atoms with Crippen molar-refractivity contribution in [1.82, 2.24) is 23.5 Å². The molecule has 0 saturated carbocycles. The third-order valence-corrected chi connectivity index (χ3v) is 10.4. The molecule has 51 heavy (non-hydrogen) atoms. The van der Waals surface area contributed by atoms with Crippen molar-refractivity contribution in [3.8, 4) is 11.5 Å². The fourth-order valence-electron chi connectivity index (χ4n) is 8.25. The van der Waals surface area contributed by atoms with Gasteiger partial charge < -0.3 is 4.57 Å². The molecule has 0 saturated heterocycles. The molecule has 11 rings (SSSR count). The highest BCUT2D eigenvalue weighted by Crippen LogP contribution is 2.43. The Balaban J connectivity index is 1.18. The zero-order chi connectivity index (χ0) is 33.6. The van der Waals surface area contributed by atoms with E-state index in [4.69, 9.17) is 4.98 Å². The van der Waals surface area contributed by atoms with Gasteiger partial charge in [-0.15, -0.1) is 0 Å². The molecule has 5 heterocycles. The quantitative estimate of drug-likeness (QED) is 0.177. The summed E-state index contributed by atoms with van der Waals surface area (Å²) in [6.45, 7) is 0. The molecule has 0 bridgehead atoms. The lowest BCUT2D eigenvalue weighted by Gasteiger charge is -2.14. The van der Waals surface area contributed by atoms with Crippen molar-refractivity contribution >= 4 is 70.9 Å². The number of rotatable bonds is 4. The summed E-state index contributed by atoms with van der Waals surface area (Å²) < 4.78 is 23.6. The van der Waals surface area contributed by atoms with Gasteiger partial charge in [-0.05, 0) is 71.1 Å². The Morgan fingerprint density at radius 1 is 0.471 bits per heavy atom. The molecular formula is C45H28FN5. The molecule has 1 unspecified atom stereocenters. The van der Waals surface area contributed by atoms with E-state index in [9.17, 15) is 0 Å². The van der Waals surface area contributed by atoms with Crippen LogP contribution >= 0.6 is 0 Å². The van der Waals surface area contributed by atoms with Crippen LogP contribution in [0.25, 0.3) is 82.4 Å². The number of benzene rings is 6. The smallest absolute Gasteiger partial charge is 0.150 e. The Morgan fingerprint density at radius 2 is 1.18 bits per heavy atom.